The monoisotopic (exact) mass is 348 g/mol. The van der Waals surface area contributed by atoms with Gasteiger partial charge in [0.05, 0.1) is 26.4 Å². The zero-order valence-electron chi connectivity index (χ0n) is 12.4. The molecule has 6 radical (unpaired) electrons. The Hall–Kier alpha value is -0.174. The second-order valence-corrected chi connectivity index (χ2v) is 5.11. The molecule has 4 nitrogen and oxygen atoms in total. The predicted octanol–water partition coefficient (Wildman–Crippen LogP) is 2.40. The first-order valence-electron chi connectivity index (χ1n) is 7.50. The van der Waals surface area contributed by atoms with Crippen LogP contribution in [0.4, 0.5) is 0 Å². The minimum Gasteiger partial charge on any atom is -0.348 e. The van der Waals surface area contributed by atoms with Crippen molar-refractivity contribution >= 4 is 0 Å². The van der Waals surface area contributed by atoms with Gasteiger partial charge in [0.2, 0.25) is 0 Å². The maximum absolute atomic E-state index is 5.50. The first kappa shape index (κ1) is 18.2. The molecule has 4 rings (SSSR count). The van der Waals surface area contributed by atoms with Crippen molar-refractivity contribution in [3.63, 3.8) is 0 Å². The van der Waals surface area contributed by atoms with E-state index in [9.17, 15) is 0 Å². The molecular formula is C17H21CoO4. The molecule has 0 spiro atoms. The number of hydrogen-bond acceptors (Lipinski definition) is 4. The van der Waals surface area contributed by atoms with Gasteiger partial charge in [-0.2, -0.15) is 0 Å². The predicted molar refractivity (Wildman–Crippen MR) is 78.3 cm³/mol. The molecule has 0 aromatic heterocycles. The maximum atomic E-state index is 5.50. The molecule has 0 unspecified atom stereocenters. The van der Waals surface area contributed by atoms with E-state index in [-0.39, 0.29) is 29.4 Å². The van der Waals surface area contributed by atoms with Crippen molar-refractivity contribution in [3.05, 3.63) is 55.4 Å². The molecule has 5 heteroatoms. The molecule has 3 fully saturated rings. The second-order valence-electron chi connectivity index (χ2n) is 5.11. The average molecular weight is 348 g/mol. The molecule has 2 aliphatic carbocycles. The van der Waals surface area contributed by atoms with Crippen molar-refractivity contribution in [2.45, 2.75) is 25.4 Å². The number of rotatable bonds is 2. The summed E-state index contributed by atoms with van der Waals surface area (Å²) in [6.45, 7) is 3.12. The largest absolute Gasteiger partial charge is 0.348 e. The number of hydrogen-bond donors (Lipinski definition) is 0. The van der Waals surface area contributed by atoms with E-state index < -0.39 is 0 Å². The van der Waals surface area contributed by atoms with Crippen molar-refractivity contribution in [2.75, 3.05) is 26.4 Å². The molecule has 2 aliphatic heterocycles. The van der Waals surface area contributed by atoms with E-state index in [0.29, 0.717) is 0 Å². The van der Waals surface area contributed by atoms with E-state index in [0.717, 1.165) is 50.4 Å². The number of ether oxygens (including phenoxy) is 4. The van der Waals surface area contributed by atoms with Gasteiger partial charge in [0.25, 0.3) is 0 Å². The SMILES string of the molecule is C1=C(C2OCCCO2)C=C1C1OCCCO1.[CH]1[CH][CH][CH][CH]1.[Co]. The topological polar surface area (TPSA) is 36.9 Å². The zero-order chi connectivity index (χ0) is 14.3. The van der Waals surface area contributed by atoms with Crippen LogP contribution in [0, 0.1) is 32.1 Å². The Bertz CT molecular complexity index is 333. The molecule has 0 N–H and O–H groups in total. The van der Waals surface area contributed by atoms with Crippen molar-refractivity contribution < 1.29 is 35.7 Å². The van der Waals surface area contributed by atoms with Crippen LogP contribution in [0.3, 0.4) is 0 Å². The second kappa shape index (κ2) is 9.85. The Balaban J connectivity index is 0.000000253. The van der Waals surface area contributed by atoms with Gasteiger partial charge in [-0.1, -0.05) is 0 Å². The molecule has 0 aromatic rings. The Morgan fingerprint density at radius 3 is 1.23 bits per heavy atom. The molecule has 0 bridgehead atoms. The molecule has 1 saturated carbocycles. The zero-order valence-corrected chi connectivity index (χ0v) is 13.4. The van der Waals surface area contributed by atoms with Crippen LogP contribution in [-0.2, 0) is 35.7 Å². The third kappa shape index (κ3) is 5.18. The molecule has 0 amide bonds. The Labute approximate surface area is 143 Å². The van der Waals surface area contributed by atoms with E-state index in [4.69, 9.17) is 18.9 Å². The summed E-state index contributed by atoms with van der Waals surface area (Å²) in [5.41, 5.74) is 2.18. The minimum atomic E-state index is -0.180. The first-order valence-corrected chi connectivity index (χ1v) is 7.50. The molecule has 2 heterocycles. The van der Waals surface area contributed by atoms with Crippen molar-refractivity contribution in [2.24, 2.45) is 0 Å². The quantitative estimate of drug-likeness (QED) is 0.768. The van der Waals surface area contributed by atoms with Crippen molar-refractivity contribution in [1.82, 2.24) is 0 Å². The molecular weight excluding hydrogens is 327 g/mol. The molecule has 22 heavy (non-hydrogen) atoms. The van der Waals surface area contributed by atoms with E-state index >= 15 is 0 Å². The Morgan fingerprint density at radius 1 is 0.591 bits per heavy atom. The Kier molecular flexibility index (Phi) is 8.14. The standard InChI is InChI=1S/C12H16O4.C5H5.Co/c1-3-13-11(14-4-1)9-7-10(8-9)12-15-5-2-6-16-12;1-2-4-5-3-1;/h7-8,11-12H,1-6H2;1-5H;. The Morgan fingerprint density at radius 2 is 0.909 bits per heavy atom. The maximum Gasteiger partial charge on any atom is 0.183 e. The van der Waals surface area contributed by atoms with Gasteiger partial charge in [-0.05, 0) is 57.1 Å². The van der Waals surface area contributed by atoms with Gasteiger partial charge in [0.1, 0.15) is 0 Å². The fourth-order valence-corrected chi connectivity index (χ4v) is 2.33. The van der Waals surface area contributed by atoms with Crippen molar-refractivity contribution in [3.8, 4) is 0 Å². The van der Waals surface area contributed by atoms with Crippen LogP contribution in [0.15, 0.2) is 23.3 Å². The fourth-order valence-electron chi connectivity index (χ4n) is 2.33. The summed E-state index contributed by atoms with van der Waals surface area (Å²) in [5.74, 6) is 0. The molecule has 122 valence electrons. The fraction of sp³-hybridized carbons (Fsp3) is 0.471. The van der Waals surface area contributed by atoms with Gasteiger partial charge in [-0.15, -0.1) is 0 Å². The van der Waals surface area contributed by atoms with E-state index in [2.05, 4.69) is 0 Å². The van der Waals surface area contributed by atoms with Gasteiger partial charge in [-0.25, -0.2) is 0 Å². The normalized spacial score (nSPS) is 26.0. The van der Waals surface area contributed by atoms with Gasteiger partial charge >= 0.3 is 0 Å². The molecule has 0 aromatic carbocycles. The third-order valence-electron chi connectivity index (χ3n) is 3.42. The van der Waals surface area contributed by atoms with E-state index in [1.54, 1.807) is 0 Å². The molecule has 0 atom stereocenters. The smallest absolute Gasteiger partial charge is 0.183 e. The van der Waals surface area contributed by atoms with E-state index in [1.165, 1.54) is 0 Å². The summed E-state index contributed by atoms with van der Waals surface area (Å²) in [6.07, 6.45) is 15.7. The van der Waals surface area contributed by atoms with Gasteiger partial charge < -0.3 is 18.9 Å². The summed E-state index contributed by atoms with van der Waals surface area (Å²) in [7, 11) is 0. The van der Waals surface area contributed by atoms with Crippen LogP contribution in [0.2, 0.25) is 0 Å². The minimum absolute atomic E-state index is 0. The van der Waals surface area contributed by atoms with Crippen molar-refractivity contribution in [1.29, 1.82) is 0 Å². The molecule has 2 saturated heterocycles. The van der Waals surface area contributed by atoms with Crippen LogP contribution in [0.1, 0.15) is 12.8 Å². The van der Waals surface area contributed by atoms with Crippen LogP contribution < -0.4 is 0 Å². The van der Waals surface area contributed by atoms with Gasteiger partial charge in [0, 0.05) is 27.9 Å². The summed E-state index contributed by atoms with van der Waals surface area (Å²) in [6, 6.07) is 0. The van der Waals surface area contributed by atoms with E-state index in [1.807, 2.05) is 44.3 Å². The van der Waals surface area contributed by atoms with Gasteiger partial charge in [0.15, 0.2) is 12.6 Å². The third-order valence-corrected chi connectivity index (χ3v) is 3.42. The van der Waals surface area contributed by atoms with Crippen LogP contribution in [0.5, 0.6) is 0 Å². The van der Waals surface area contributed by atoms with Crippen LogP contribution >= 0.6 is 0 Å². The summed E-state index contributed by atoms with van der Waals surface area (Å²) in [4.78, 5) is 0. The molecule has 4 aliphatic rings. The summed E-state index contributed by atoms with van der Waals surface area (Å²) < 4.78 is 22.0. The van der Waals surface area contributed by atoms with Crippen LogP contribution in [0.25, 0.3) is 0 Å². The average Bonchev–Trinajstić information content (AvgIpc) is 3.08. The van der Waals surface area contributed by atoms with Gasteiger partial charge in [-0.3, -0.25) is 0 Å². The summed E-state index contributed by atoms with van der Waals surface area (Å²) >= 11 is 0. The first-order chi connectivity index (χ1) is 10.4. The van der Waals surface area contributed by atoms with Crippen LogP contribution in [-0.4, -0.2) is 39.0 Å². The summed E-state index contributed by atoms with van der Waals surface area (Å²) in [5, 5.41) is 0.